The third-order valence-electron chi connectivity index (χ3n) is 4.03. The Bertz CT molecular complexity index is 421. The van der Waals surface area contributed by atoms with Crippen molar-refractivity contribution in [2.45, 2.75) is 50.7 Å². The summed E-state index contributed by atoms with van der Waals surface area (Å²) in [5.74, 6) is 0. The molecule has 1 unspecified atom stereocenters. The van der Waals surface area contributed by atoms with Gasteiger partial charge in [0.05, 0.1) is 5.60 Å². The van der Waals surface area contributed by atoms with E-state index in [1.807, 2.05) is 6.92 Å². The number of nitrogens with one attached hydrogen (secondary N) is 1. The van der Waals surface area contributed by atoms with Crippen LogP contribution >= 0.6 is 0 Å². The summed E-state index contributed by atoms with van der Waals surface area (Å²) in [6.07, 6.45) is 6.18. The van der Waals surface area contributed by atoms with Gasteiger partial charge in [-0.25, -0.2) is 0 Å². The topological polar surface area (TPSA) is 32.3 Å². The molecule has 17 heavy (non-hydrogen) atoms. The normalized spacial score (nSPS) is 22.2. The molecule has 0 amide bonds. The lowest BCUT2D eigenvalue weighted by molar-refractivity contribution is 0.0565. The van der Waals surface area contributed by atoms with E-state index in [9.17, 15) is 5.11 Å². The summed E-state index contributed by atoms with van der Waals surface area (Å²) in [5.41, 5.74) is 3.24. The van der Waals surface area contributed by atoms with Gasteiger partial charge in [-0.3, -0.25) is 0 Å². The highest BCUT2D eigenvalue weighted by Gasteiger charge is 2.28. The average molecular weight is 231 g/mol. The van der Waals surface area contributed by atoms with Crippen LogP contribution in [0.2, 0.25) is 0 Å². The number of benzene rings is 1. The minimum absolute atomic E-state index is 0.649. The minimum atomic E-state index is -0.736. The van der Waals surface area contributed by atoms with Gasteiger partial charge >= 0.3 is 0 Å². The molecule has 0 bridgehead atoms. The maximum absolute atomic E-state index is 10.5. The predicted octanol–water partition coefficient (Wildman–Crippen LogP) is 2.13. The predicted molar refractivity (Wildman–Crippen MR) is 69.1 cm³/mol. The number of fused-ring (bicyclic) bond motifs is 1. The van der Waals surface area contributed by atoms with E-state index >= 15 is 0 Å². The Morgan fingerprint density at radius 1 is 1.29 bits per heavy atom. The van der Waals surface area contributed by atoms with Gasteiger partial charge in [-0.15, -0.1) is 0 Å². The van der Waals surface area contributed by atoms with Crippen LogP contribution in [0.4, 0.5) is 0 Å². The van der Waals surface area contributed by atoms with Crippen molar-refractivity contribution in [2.75, 3.05) is 6.54 Å². The first-order valence-corrected chi connectivity index (χ1v) is 6.73. The number of aryl methyl sites for hydroxylation is 2. The Hall–Kier alpha value is -0.860. The second kappa shape index (κ2) is 4.11. The summed E-state index contributed by atoms with van der Waals surface area (Å²) in [6.45, 7) is 2.58. The molecule has 1 saturated carbocycles. The van der Waals surface area contributed by atoms with E-state index in [1.165, 1.54) is 43.2 Å². The molecule has 2 aliphatic rings. The maximum Gasteiger partial charge on any atom is 0.0992 e. The van der Waals surface area contributed by atoms with Gasteiger partial charge in [-0.1, -0.05) is 18.2 Å². The lowest BCUT2D eigenvalue weighted by Gasteiger charge is -2.25. The average Bonchev–Trinajstić information content (AvgIpc) is 3.02. The van der Waals surface area contributed by atoms with Gasteiger partial charge in [0.2, 0.25) is 0 Å². The van der Waals surface area contributed by atoms with Gasteiger partial charge in [-0.2, -0.15) is 0 Å². The molecule has 0 aliphatic heterocycles. The van der Waals surface area contributed by atoms with Gasteiger partial charge in [0, 0.05) is 12.6 Å². The van der Waals surface area contributed by atoms with Crippen molar-refractivity contribution in [3.8, 4) is 0 Å². The molecule has 0 saturated heterocycles. The van der Waals surface area contributed by atoms with Crippen LogP contribution in [0, 0.1) is 0 Å². The molecule has 3 rings (SSSR count). The van der Waals surface area contributed by atoms with Crippen LogP contribution in [-0.2, 0) is 18.4 Å². The van der Waals surface area contributed by atoms with Crippen LogP contribution in [-0.4, -0.2) is 17.7 Å². The molecule has 1 fully saturated rings. The lowest BCUT2D eigenvalue weighted by atomic mass is 9.93. The number of hydrogen-bond donors (Lipinski definition) is 2. The quantitative estimate of drug-likeness (QED) is 0.832. The SMILES string of the molecule is CC(O)(CNC1CC1)c1ccc2c(c1)CCC2. The van der Waals surface area contributed by atoms with Crippen molar-refractivity contribution in [3.63, 3.8) is 0 Å². The molecule has 2 aliphatic carbocycles. The maximum atomic E-state index is 10.5. The fraction of sp³-hybridized carbons (Fsp3) is 0.600. The molecule has 1 atom stereocenters. The van der Waals surface area contributed by atoms with E-state index in [0.29, 0.717) is 12.6 Å². The molecule has 1 aromatic carbocycles. The number of rotatable bonds is 4. The Morgan fingerprint density at radius 3 is 2.82 bits per heavy atom. The summed E-state index contributed by atoms with van der Waals surface area (Å²) in [6, 6.07) is 7.15. The Kier molecular flexibility index (Phi) is 2.72. The molecule has 1 aromatic rings. The molecule has 2 heteroatoms. The van der Waals surface area contributed by atoms with Crippen LogP contribution < -0.4 is 5.32 Å². The van der Waals surface area contributed by atoms with Crippen molar-refractivity contribution >= 4 is 0 Å². The fourth-order valence-corrected chi connectivity index (χ4v) is 2.64. The molecule has 0 aromatic heterocycles. The van der Waals surface area contributed by atoms with Gasteiger partial charge in [-0.05, 0) is 55.7 Å². The van der Waals surface area contributed by atoms with Crippen LogP contribution in [0.3, 0.4) is 0 Å². The lowest BCUT2D eigenvalue weighted by Crippen LogP contribution is -2.36. The molecule has 2 N–H and O–H groups in total. The highest BCUT2D eigenvalue weighted by molar-refractivity contribution is 5.37. The summed E-state index contributed by atoms with van der Waals surface area (Å²) in [4.78, 5) is 0. The Morgan fingerprint density at radius 2 is 2.06 bits per heavy atom. The Balaban J connectivity index is 1.76. The second-order valence-electron chi connectivity index (χ2n) is 5.77. The van der Waals surface area contributed by atoms with E-state index in [-0.39, 0.29) is 0 Å². The van der Waals surface area contributed by atoms with Gasteiger partial charge in [0.25, 0.3) is 0 Å². The number of aliphatic hydroxyl groups is 1. The van der Waals surface area contributed by atoms with Crippen LogP contribution in [0.1, 0.15) is 42.9 Å². The smallest absolute Gasteiger partial charge is 0.0992 e. The molecule has 0 spiro atoms. The van der Waals surface area contributed by atoms with Gasteiger partial charge < -0.3 is 10.4 Å². The van der Waals surface area contributed by atoms with Crippen LogP contribution in [0.5, 0.6) is 0 Å². The third kappa shape index (κ3) is 2.38. The molecule has 0 radical (unpaired) electrons. The molecule has 2 nitrogen and oxygen atoms in total. The zero-order chi connectivity index (χ0) is 11.9. The van der Waals surface area contributed by atoms with E-state index in [1.54, 1.807) is 0 Å². The van der Waals surface area contributed by atoms with Crippen molar-refractivity contribution in [3.05, 3.63) is 34.9 Å². The minimum Gasteiger partial charge on any atom is -0.384 e. The van der Waals surface area contributed by atoms with Crippen molar-refractivity contribution in [2.24, 2.45) is 0 Å². The van der Waals surface area contributed by atoms with E-state index in [0.717, 1.165) is 5.56 Å². The summed E-state index contributed by atoms with van der Waals surface area (Å²) in [7, 11) is 0. The standard InChI is InChI=1S/C15H21NO/c1-15(17,10-16-14-7-8-14)13-6-5-11-3-2-4-12(11)9-13/h5-6,9,14,16-17H,2-4,7-8,10H2,1H3. The van der Waals surface area contributed by atoms with E-state index in [4.69, 9.17) is 0 Å². The van der Waals surface area contributed by atoms with Crippen molar-refractivity contribution in [1.82, 2.24) is 5.32 Å². The zero-order valence-corrected chi connectivity index (χ0v) is 10.5. The highest BCUT2D eigenvalue weighted by atomic mass is 16.3. The summed E-state index contributed by atoms with van der Waals surface area (Å²) >= 11 is 0. The van der Waals surface area contributed by atoms with Crippen LogP contribution in [0.25, 0.3) is 0 Å². The van der Waals surface area contributed by atoms with Gasteiger partial charge in [0.1, 0.15) is 0 Å². The fourth-order valence-electron chi connectivity index (χ4n) is 2.64. The first kappa shape index (κ1) is 11.2. The Labute approximate surface area is 103 Å². The largest absolute Gasteiger partial charge is 0.384 e. The highest BCUT2D eigenvalue weighted by Crippen LogP contribution is 2.28. The molecular weight excluding hydrogens is 210 g/mol. The first-order chi connectivity index (χ1) is 8.15. The summed E-state index contributed by atoms with van der Waals surface area (Å²) in [5, 5.41) is 13.9. The van der Waals surface area contributed by atoms with Crippen molar-refractivity contribution in [1.29, 1.82) is 0 Å². The molecule has 92 valence electrons. The number of hydrogen-bond acceptors (Lipinski definition) is 2. The monoisotopic (exact) mass is 231 g/mol. The second-order valence-corrected chi connectivity index (χ2v) is 5.77. The van der Waals surface area contributed by atoms with E-state index in [2.05, 4.69) is 23.5 Å². The zero-order valence-electron chi connectivity index (χ0n) is 10.5. The van der Waals surface area contributed by atoms with Crippen molar-refractivity contribution < 1.29 is 5.11 Å². The molecule has 0 heterocycles. The summed E-state index contributed by atoms with van der Waals surface area (Å²) < 4.78 is 0. The van der Waals surface area contributed by atoms with Crippen LogP contribution in [0.15, 0.2) is 18.2 Å². The van der Waals surface area contributed by atoms with E-state index < -0.39 is 5.60 Å². The first-order valence-electron chi connectivity index (χ1n) is 6.73. The third-order valence-corrected chi connectivity index (χ3v) is 4.03. The molecular formula is C15H21NO. The van der Waals surface area contributed by atoms with Gasteiger partial charge in [0.15, 0.2) is 0 Å².